The van der Waals surface area contributed by atoms with Crippen molar-refractivity contribution in [1.29, 1.82) is 0 Å². The molecule has 0 saturated carbocycles. The van der Waals surface area contributed by atoms with Gasteiger partial charge in [-0.2, -0.15) is 0 Å². The Morgan fingerprint density at radius 1 is 1.24 bits per heavy atom. The summed E-state index contributed by atoms with van der Waals surface area (Å²) < 4.78 is 0. The van der Waals surface area contributed by atoms with Crippen molar-refractivity contribution >= 4 is 0 Å². The molecule has 2 nitrogen and oxygen atoms in total. The summed E-state index contributed by atoms with van der Waals surface area (Å²) in [5.41, 5.74) is 1.19. The molecule has 0 aliphatic rings. The first-order valence-corrected chi connectivity index (χ1v) is 6.61. The summed E-state index contributed by atoms with van der Waals surface area (Å²) in [5.74, 6) is 1.07. The molecule has 0 bridgehead atoms. The van der Waals surface area contributed by atoms with Crippen molar-refractivity contribution in [2.24, 2.45) is 5.92 Å². The monoisotopic (exact) mass is 235 g/mol. The second kappa shape index (κ2) is 6.65. The fourth-order valence-corrected chi connectivity index (χ4v) is 2.09. The first-order valence-electron chi connectivity index (χ1n) is 6.61. The van der Waals surface area contributed by atoms with Gasteiger partial charge in [-0.05, 0) is 37.1 Å². The molecule has 0 heterocycles. The maximum Gasteiger partial charge on any atom is 0.115 e. The lowest BCUT2D eigenvalue weighted by atomic mass is 10.0. The topological polar surface area (TPSA) is 23.5 Å². The van der Waals surface area contributed by atoms with E-state index in [1.54, 1.807) is 6.07 Å². The van der Waals surface area contributed by atoms with E-state index >= 15 is 0 Å². The summed E-state index contributed by atoms with van der Waals surface area (Å²) in [5, 5.41) is 9.53. The smallest absolute Gasteiger partial charge is 0.115 e. The third-order valence-electron chi connectivity index (χ3n) is 3.55. The van der Waals surface area contributed by atoms with Crippen molar-refractivity contribution in [3.63, 3.8) is 0 Å². The number of hydrogen-bond donors (Lipinski definition) is 1. The van der Waals surface area contributed by atoms with Crippen LogP contribution in [0.5, 0.6) is 5.75 Å². The van der Waals surface area contributed by atoms with Crippen molar-refractivity contribution in [2.75, 3.05) is 13.1 Å². The Labute approximate surface area is 105 Å². The lowest BCUT2D eigenvalue weighted by Gasteiger charge is -2.30. The zero-order chi connectivity index (χ0) is 12.8. The zero-order valence-corrected chi connectivity index (χ0v) is 11.5. The third-order valence-corrected chi connectivity index (χ3v) is 3.55. The molecule has 1 N–H and O–H groups in total. The molecule has 96 valence electrons. The van der Waals surface area contributed by atoms with Gasteiger partial charge in [0.2, 0.25) is 0 Å². The second-order valence-electron chi connectivity index (χ2n) is 4.87. The molecule has 0 amide bonds. The zero-order valence-electron chi connectivity index (χ0n) is 11.5. The number of phenols is 1. The van der Waals surface area contributed by atoms with E-state index in [9.17, 15) is 5.11 Å². The maximum atomic E-state index is 9.53. The average molecular weight is 235 g/mol. The normalized spacial score (nSPS) is 14.9. The van der Waals surface area contributed by atoms with E-state index in [2.05, 4.69) is 38.7 Å². The fraction of sp³-hybridized carbons (Fsp3) is 0.600. The molecule has 1 aromatic carbocycles. The Bertz CT molecular complexity index is 337. The van der Waals surface area contributed by atoms with E-state index in [4.69, 9.17) is 0 Å². The molecule has 2 atom stereocenters. The highest BCUT2D eigenvalue weighted by molar-refractivity contribution is 5.29. The van der Waals surface area contributed by atoms with Crippen molar-refractivity contribution in [2.45, 2.75) is 40.2 Å². The van der Waals surface area contributed by atoms with E-state index in [0.717, 1.165) is 19.0 Å². The summed E-state index contributed by atoms with van der Waals surface area (Å²) in [6, 6.07) is 7.95. The quantitative estimate of drug-likeness (QED) is 0.810. The van der Waals surface area contributed by atoms with Crippen LogP contribution in [0.3, 0.4) is 0 Å². The van der Waals surface area contributed by atoms with Crippen LogP contribution < -0.4 is 0 Å². The highest BCUT2D eigenvalue weighted by Gasteiger charge is 2.16. The molecule has 0 aliphatic carbocycles. The number of aromatic hydroxyl groups is 1. The Hall–Kier alpha value is -1.02. The van der Waals surface area contributed by atoms with Gasteiger partial charge >= 0.3 is 0 Å². The lowest BCUT2D eigenvalue weighted by molar-refractivity contribution is 0.190. The minimum absolute atomic E-state index is 0.356. The minimum atomic E-state index is 0.356. The van der Waals surface area contributed by atoms with Gasteiger partial charge in [0.05, 0.1) is 0 Å². The highest BCUT2D eigenvalue weighted by atomic mass is 16.3. The molecular formula is C15H25NO. The first-order chi connectivity index (χ1) is 8.08. The molecule has 0 radical (unpaired) electrons. The van der Waals surface area contributed by atoms with Crippen LogP contribution in [0.15, 0.2) is 24.3 Å². The number of phenolic OH excluding ortho intramolecular Hbond substituents is 1. The van der Waals surface area contributed by atoms with Crippen LogP contribution in [0.1, 0.15) is 45.7 Å². The van der Waals surface area contributed by atoms with Gasteiger partial charge in [0.1, 0.15) is 5.75 Å². The molecule has 1 rings (SSSR count). The Morgan fingerprint density at radius 2 is 1.94 bits per heavy atom. The van der Waals surface area contributed by atoms with Crippen molar-refractivity contribution in [3.8, 4) is 5.75 Å². The van der Waals surface area contributed by atoms with Crippen LogP contribution in [-0.4, -0.2) is 23.1 Å². The van der Waals surface area contributed by atoms with Gasteiger partial charge in [-0.15, -0.1) is 0 Å². The Balaban J connectivity index is 2.75. The minimum Gasteiger partial charge on any atom is -0.508 e. The van der Waals surface area contributed by atoms with Gasteiger partial charge < -0.3 is 5.11 Å². The van der Waals surface area contributed by atoms with E-state index in [-0.39, 0.29) is 0 Å². The number of nitrogens with zero attached hydrogens (tertiary/aromatic N) is 1. The standard InChI is InChI=1S/C15H25NO/c1-5-12(3)11-16(6-2)13(4)14-8-7-9-15(17)10-14/h7-10,12-13,17H,5-6,11H2,1-4H3. The van der Waals surface area contributed by atoms with Gasteiger partial charge in [-0.3, -0.25) is 4.90 Å². The summed E-state index contributed by atoms with van der Waals surface area (Å²) in [6.07, 6.45) is 1.21. The Morgan fingerprint density at radius 3 is 2.47 bits per heavy atom. The third kappa shape index (κ3) is 4.04. The van der Waals surface area contributed by atoms with Crippen molar-refractivity contribution < 1.29 is 5.11 Å². The number of rotatable bonds is 6. The van der Waals surface area contributed by atoms with Crippen LogP contribution in [0.4, 0.5) is 0 Å². The molecule has 1 aromatic rings. The molecular weight excluding hydrogens is 210 g/mol. The lowest BCUT2D eigenvalue weighted by Crippen LogP contribution is -2.31. The van der Waals surface area contributed by atoms with Gasteiger partial charge in [0, 0.05) is 12.6 Å². The van der Waals surface area contributed by atoms with Crippen molar-refractivity contribution in [3.05, 3.63) is 29.8 Å². The molecule has 17 heavy (non-hydrogen) atoms. The van der Waals surface area contributed by atoms with Crippen LogP contribution in [-0.2, 0) is 0 Å². The number of hydrogen-bond acceptors (Lipinski definition) is 2. The first kappa shape index (κ1) is 14.0. The van der Waals surface area contributed by atoms with E-state index < -0.39 is 0 Å². The fourth-order valence-electron chi connectivity index (χ4n) is 2.09. The van der Waals surface area contributed by atoms with Gasteiger partial charge in [0.15, 0.2) is 0 Å². The molecule has 0 saturated heterocycles. The van der Waals surface area contributed by atoms with E-state index in [1.165, 1.54) is 12.0 Å². The molecule has 2 unspecified atom stereocenters. The van der Waals surface area contributed by atoms with Crippen LogP contribution in [0, 0.1) is 5.92 Å². The van der Waals surface area contributed by atoms with E-state index in [0.29, 0.717) is 11.8 Å². The summed E-state index contributed by atoms with van der Waals surface area (Å²) in [6.45, 7) is 11.1. The summed E-state index contributed by atoms with van der Waals surface area (Å²) in [4.78, 5) is 2.46. The SMILES string of the molecule is CCC(C)CN(CC)C(C)c1cccc(O)c1. The van der Waals surface area contributed by atoms with Gasteiger partial charge in [-0.1, -0.05) is 39.3 Å². The number of benzene rings is 1. The van der Waals surface area contributed by atoms with Gasteiger partial charge in [0.25, 0.3) is 0 Å². The van der Waals surface area contributed by atoms with Crippen LogP contribution >= 0.6 is 0 Å². The highest BCUT2D eigenvalue weighted by Crippen LogP contribution is 2.24. The van der Waals surface area contributed by atoms with Crippen molar-refractivity contribution in [1.82, 2.24) is 4.90 Å². The average Bonchev–Trinajstić information content (AvgIpc) is 2.34. The molecule has 0 spiro atoms. The second-order valence-corrected chi connectivity index (χ2v) is 4.87. The summed E-state index contributed by atoms with van der Waals surface area (Å²) >= 11 is 0. The molecule has 0 aromatic heterocycles. The molecule has 0 fully saturated rings. The van der Waals surface area contributed by atoms with Gasteiger partial charge in [-0.25, -0.2) is 0 Å². The van der Waals surface area contributed by atoms with Crippen LogP contribution in [0.2, 0.25) is 0 Å². The Kier molecular flexibility index (Phi) is 5.49. The predicted molar refractivity (Wildman–Crippen MR) is 73.2 cm³/mol. The largest absolute Gasteiger partial charge is 0.508 e. The molecule has 2 heteroatoms. The molecule has 0 aliphatic heterocycles. The maximum absolute atomic E-state index is 9.53. The van der Waals surface area contributed by atoms with E-state index in [1.807, 2.05) is 12.1 Å². The predicted octanol–water partition coefficient (Wildman–Crippen LogP) is 3.82. The van der Waals surface area contributed by atoms with Crippen LogP contribution in [0.25, 0.3) is 0 Å². The summed E-state index contributed by atoms with van der Waals surface area (Å²) in [7, 11) is 0.